The highest BCUT2D eigenvalue weighted by molar-refractivity contribution is 6.05. The Hall–Kier alpha value is -1.93. The molecule has 3 rings (SSSR count). The Morgan fingerprint density at radius 1 is 1.32 bits per heavy atom. The van der Waals surface area contributed by atoms with Crippen LogP contribution in [0.2, 0.25) is 0 Å². The van der Waals surface area contributed by atoms with E-state index in [1.807, 2.05) is 0 Å². The molecule has 1 aliphatic carbocycles. The van der Waals surface area contributed by atoms with E-state index < -0.39 is 48.9 Å². The number of amidine groups is 1. The maximum absolute atomic E-state index is 13.8. The van der Waals surface area contributed by atoms with Gasteiger partial charge in [0.25, 0.3) is 0 Å². The summed E-state index contributed by atoms with van der Waals surface area (Å²) in [6.45, 7) is -0.460. The molecule has 3 aliphatic rings. The van der Waals surface area contributed by atoms with E-state index in [1.165, 1.54) is 17.2 Å². The number of nitrogens with zero attached hydrogens (tertiary/aromatic N) is 2. The van der Waals surface area contributed by atoms with Gasteiger partial charge in [-0.25, -0.2) is 18.6 Å². The van der Waals surface area contributed by atoms with Crippen LogP contribution in [0.25, 0.3) is 0 Å². The van der Waals surface area contributed by atoms with Crippen molar-refractivity contribution in [2.45, 2.75) is 49.7 Å². The predicted molar refractivity (Wildman–Crippen MR) is 79.3 cm³/mol. The SMILES string of the molecule is O=C(O)C1=CC2=NC(CC3CCC(F)(F)CC3)(C(F)(F)F)CN2C=C1. The molecular formula is C16H17F5N2O2. The van der Waals surface area contributed by atoms with E-state index in [0.29, 0.717) is 0 Å². The minimum Gasteiger partial charge on any atom is -0.478 e. The first kappa shape index (κ1) is 17.9. The zero-order valence-electron chi connectivity index (χ0n) is 13.2. The molecule has 0 radical (unpaired) electrons. The van der Waals surface area contributed by atoms with E-state index in [0.717, 1.165) is 6.08 Å². The number of rotatable bonds is 3. The van der Waals surface area contributed by atoms with Crippen molar-refractivity contribution < 1.29 is 31.9 Å². The van der Waals surface area contributed by atoms with E-state index in [2.05, 4.69) is 4.99 Å². The lowest BCUT2D eigenvalue weighted by Crippen LogP contribution is -2.49. The Balaban J connectivity index is 1.85. The van der Waals surface area contributed by atoms with Crippen molar-refractivity contribution in [3.63, 3.8) is 0 Å². The van der Waals surface area contributed by atoms with E-state index in [-0.39, 0.29) is 30.7 Å². The number of alkyl halides is 5. The van der Waals surface area contributed by atoms with Gasteiger partial charge in [-0.05, 0) is 37.3 Å². The maximum Gasteiger partial charge on any atom is 0.415 e. The monoisotopic (exact) mass is 364 g/mol. The van der Waals surface area contributed by atoms with Crippen LogP contribution >= 0.6 is 0 Å². The van der Waals surface area contributed by atoms with Crippen LogP contribution < -0.4 is 0 Å². The normalized spacial score (nSPS) is 29.2. The van der Waals surface area contributed by atoms with Crippen LogP contribution in [0.1, 0.15) is 32.1 Å². The first-order valence-electron chi connectivity index (χ1n) is 7.96. The molecular weight excluding hydrogens is 347 g/mol. The number of halogens is 5. The van der Waals surface area contributed by atoms with E-state index in [9.17, 15) is 26.7 Å². The number of hydrogen-bond donors (Lipinski definition) is 1. The van der Waals surface area contributed by atoms with Crippen LogP contribution in [0.3, 0.4) is 0 Å². The summed E-state index contributed by atoms with van der Waals surface area (Å²) in [5.74, 6) is -4.60. The molecule has 1 saturated carbocycles. The van der Waals surface area contributed by atoms with Gasteiger partial charge < -0.3 is 10.0 Å². The molecule has 138 valence electrons. The fraction of sp³-hybridized carbons (Fsp3) is 0.625. The lowest BCUT2D eigenvalue weighted by atomic mass is 9.78. The number of aliphatic carboxylic acids is 1. The summed E-state index contributed by atoms with van der Waals surface area (Å²) in [7, 11) is 0. The molecule has 2 heterocycles. The van der Waals surface area contributed by atoms with Gasteiger partial charge in [-0.2, -0.15) is 13.2 Å². The molecule has 0 bridgehead atoms. The summed E-state index contributed by atoms with van der Waals surface area (Å²) < 4.78 is 67.8. The second kappa shape index (κ2) is 5.81. The number of aliphatic imine (C=N–C) groups is 1. The molecule has 0 amide bonds. The van der Waals surface area contributed by atoms with Crippen LogP contribution in [-0.4, -0.2) is 46.0 Å². The van der Waals surface area contributed by atoms with Gasteiger partial charge in [-0.15, -0.1) is 0 Å². The molecule has 1 N–H and O–H groups in total. The number of carboxylic acid groups (broad SMARTS) is 1. The summed E-state index contributed by atoms with van der Waals surface area (Å²) >= 11 is 0. The molecule has 0 aromatic carbocycles. The van der Waals surface area contributed by atoms with Crippen molar-refractivity contribution in [1.29, 1.82) is 0 Å². The lowest BCUT2D eigenvalue weighted by Gasteiger charge is -2.36. The summed E-state index contributed by atoms with van der Waals surface area (Å²) in [5.41, 5.74) is -2.54. The van der Waals surface area contributed by atoms with Crippen molar-refractivity contribution in [3.8, 4) is 0 Å². The number of hydrogen-bond acceptors (Lipinski definition) is 3. The number of fused-ring (bicyclic) bond motifs is 1. The third kappa shape index (κ3) is 3.41. The molecule has 1 unspecified atom stereocenters. The van der Waals surface area contributed by atoms with E-state index in [1.54, 1.807) is 0 Å². The Bertz CT molecular complexity index is 658. The largest absolute Gasteiger partial charge is 0.478 e. The van der Waals surface area contributed by atoms with Gasteiger partial charge in [-0.1, -0.05) is 0 Å². The average molecular weight is 364 g/mol. The Labute approximate surface area is 140 Å². The molecule has 0 aromatic heterocycles. The highest BCUT2D eigenvalue weighted by atomic mass is 19.4. The Morgan fingerprint density at radius 2 is 1.96 bits per heavy atom. The molecule has 9 heteroatoms. The molecule has 4 nitrogen and oxygen atoms in total. The highest BCUT2D eigenvalue weighted by Crippen LogP contribution is 2.47. The highest BCUT2D eigenvalue weighted by Gasteiger charge is 2.59. The Morgan fingerprint density at radius 3 is 2.52 bits per heavy atom. The van der Waals surface area contributed by atoms with Crippen molar-refractivity contribution in [1.82, 2.24) is 4.90 Å². The Kier molecular flexibility index (Phi) is 4.15. The standard InChI is InChI=1S/C16H17F5N2O2/c17-15(18)4-1-10(2-5-15)8-14(16(19,20)21)9-23-6-3-11(13(24)25)7-12(23)22-14/h3,6-7,10H,1-2,4-5,8-9H2,(H,24,25). The summed E-state index contributed by atoms with van der Waals surface area (Å²) in [6, 6.07) is 0. The predicted octanol–water partition coefficient (Wildman–Crippen LogP) is 3.76. The molecule has 1 atom stereocenters. The second-order valence-electron chi connectivity index (χ2n) is 6.85. The zero-order valence-corrected chi connectivity index (χ0v) is 13.2. The van der Waals surface area contributed by atoms with Crippen LogP contribution in [0.15, 0.2) is 28.9 Å². The topological polar surface area (TPSA) is 52.9 Å². The molecule has 0 aromatic rings. The minimum atomic E-state index is -4.65. The number of carboxylic acids is 1. The van der Waals surface area contributed by atoms with E-state index in [4.69, 9.17) is 5.11 Å². The van der Waals surface area contributed by atoms with Gasteiger partial charge in [0.1, 0.15) is 5.84 Å². The van der Waals surface area contributed by atoms with Gasteiger partial charge in [0.15, 0.2) is 5.54 Å². The van der Waals surface area contributed by atoms with Crippen LogP contribution in [0.4, 0.5) is 22.0 Å². The summed E-state index contributed by atoms with van der Waals surface area (Å²) in [6.07, 6.45) is -2.18. The van der Waals surface area contributed by atoms with Gasteiger partial charge in [-0.3, -0.25) is 0 Å². The molecule has 1 fully saturated rings. The van der Waals surface area contributed by atoms with Crippen molar-refractivity contribution in [3.05, 3.63) is 23.9 Å². The fourth-order valence-electron chi connectivity index (χ4n) is 3.58. The first-order valence-corrected chi connectivity index (χ1v) is 7.96. The third-order valence-corrected chi connectivity index (χ3v) is 5.01. The zero-order chi connectivity index (χ0) is 18.5. The van der Waals surface area contributed by atoms with Gasteiger partial charge >= 0.3 is 12.1 Å². The first-order chi connectivity index (χ1) is 11.5. The minimum absolute atomic E-state index is 0.0295. The summed E-state index contributed by atoms with van der Waals surface area (Å²) in [5, 5.41) is 8.97. The third-order valence-electron chi connectivity index (χ3n) is 5.01. The fourth-order valence-corrected chi connectivity index (χ4v) is 3.58. The van der Waals surface area contributed by atoms with Gasteiger partial charge in [0.05, 0.1) is 12.1 Å². The van der Waals surface area contributed by atoms with Crippen molar-refractivity contribution >= 4 is 11.8 Å². The van der Waals surface area contributed by atoms with Crippen molar-refractivity contribution in [2.24, 2.45) is 10.9 Å². The van der Waals surface area contributed by atoms with Crippen LogP contribution in [0, 0.1) is 5.92 Å². The summed E-state index contributed by atoms with van der Waals surface area (Å²) in [4.78, 5) is 16.1. The van der Waals surface area contributed by atoms with E-state index >= 15 is 0 Å². The molecule has 2 aliphatic heterocycles. The van der Waals surface area contributed by atoms with Crippen molar-refractivity contribution in [2.75, 3.05) is 6.54 Å². The number of carbonyl (C=O) groups is 1. The van der Waals surface area contributed by atoms with Gasteiger partial charge in [0, 0.05) is 19.0 Å². The average Bonchev–Trinajstić information content (AvgIpc) is 2.87. The molecule has 0 saturated heterocycles. The van der Waals surface area contributed by atoms with Crippen LogP contribution in [0.5, 0.6) is 0 Å². The quantitative estimate of drug-likeness (QED) is 0.776. The smallest absolute Gasteiger partial charge is 0.415 e. The molecule has 0 spiro atoms. The lowest BCUT2D eigenvalue weighted by molar-refractivity contribution is -0.189. The molecule has 25 heavy (non-hydrogen) atoms. The second-order valence-corrected chi connectivity index (χ2v) is 6.85. The maximum atomic E-state index is 13.8. The van der Waals surface area contributed by atoms with Crippen LogP contribution in [-0.2, 0) is 4.79 Å². The van der Waals surface area contributed by atoms with Gasteiger partial charge in [0.2, 0.25) is 5.92 Å².